The highest BCUT2D eigenvalue weighted by atomic mass is 14.7. The monoisotopic (exact) mass is 153 g/mol. The molecule has 1 heteroatoms. The van der Waals surface area contributed by atoms with Gasteiger partial charge < -0.3 is 0 Å². The third kappa shape index (κ3) is 3.97. The Morgan fingerprint density at radius 3 is 2.45 bits per heavy atom. The highest BCUT2D eigenvalue weighted by Crippen LogP contribution is 2.07. The van der Waals surface area contributed by atoms with Crippen LogP contribution >= 0.6 is 0 Å². The number of rotatable bonds is 4. The van der Waals surface area contributed by atoms with Crippen molar-refractivity contribution in [2.45, 2.75) is 40.5 Å². The first-order valence-corrected chi connectivity index (χ1v) is 4.43. The van der Waals surface area contributed by atoms with Crippen LogP contribution in [0.25, 0.3) is 0 Å². The van der Waals surface area contributed by atoms with E-state index in [2.05, 4.69) is 25.8 Å². The standard InChI is InChI=1S/C10H19N/c1-5-8-11-10(7-3)9(4)6-2/h5,8-9H,6-7H2,1-4H3/b8-5-,11-10?. The predicted octanol–water partition coefficient (Wildman–Crippen LogP) is 3.42. The van der Waals surface area contributed by atoms with E-state index in [0.717, 1.165) is 6.42 Å². The quantitative estimate of drug-likeness (QED) is 0.549. The average molecular weight is 153 g/mol. The maximum Gasteiger partial charge on any atom is 0.0224 e. The molecule has 0 aliphatic heterocycles. The summed E-state index contributed by atoms with van der Waals surface area (Å²) < 4.78 is 0. The summed E-state index contributed by atoms with van der Waals surface area (Å²) in [5.74, 6) is 0.635. The lowest BCUT2D eigenvalue weighted by Crippen LogP contribution is -2.07. The third-order valence-electron chi connectivity index (χ3n) is 1.93. The van der Waals surface area contributed by atoms with E-state index in [1.165, 1.54) is 12.1 Å². The molecule has 1 unspecified atom stereocenters. The van der Waals surface area contributed by atoms with Gasteiger partial charge in [0, 0.05) is 11.9 Å². The van der Waals surface area contributed by atoms with E-state index in [0.29, 0.717) is 5.92 Å². The second-order valence-corrected chi connectivity index (χ2v) is 2.77. The number of hydrogen-bond acceptors (Lipinski definition) is 1. The van der Waals surface area contributed by atoms with Crippen LogP contribution in [0.2, 0.25) is 0 Å². The smallest absolute Gasteiger partial charge is 0.0224 e. The van der Waals surface area contributed by atoms with Crippen molar-refractivity contribution >= 4 is 5.71 Å². The maximum atomic E-state index is 4.37. The Morgan fingerprint density at radius 1 is 1.45 bits per heavy atom. The second kappa shape index (κ2) is 6.14. The number of hydrogen-bond donors (Lipinski definition) is 0. The lowest BCUT2D eigenvalue weighted by Gasteiger charge is -2.08. The molecule has 0 saturated heterocycles. The fourth-order valence-corrected chi connectivity index (χ4v) is 0.973. The van der Waals surface area contributed by atoms with E-state index >= 15 is 0 Å². The predicted molar refractivity (Wildman–Crippen MR) is 52.0 cm³/mol. The molecule has 0 bridgehead atoms. The van der Waals surface area contributed by atoms with Crippen LogP contribution in [-0.4, -0.2) is 5.71 Å². The van der Waals surface area contributed by atoms with E-state index in [4.69, 9.17) is 0 Å². The summed E-state index contributed by atoms with van der Waals surface area (Å²) in [6, 6.07) is 0. The summed E-state index contributed by atoms with van der Waals surface area (Å²) >= 11 is 0. The zero-order valence-corrected chi connectivity index (χ0v) is 8.09. The molecule has 0 heterocycles. The molecule has 0 fully saturated rings. The Morgan fingerprint density at radius 2 is 2.09 bits per heavy atom. The van der Waals surface area contributed by atoms with Gasteiger partial charge >= 0.3 is 0 Å². The minimum Gasteiger partial charge on any atom is -0.266 e. The van der Waals surface area contributed by atoms with Crippen LogP contribution in [0.5, 0.6) is 0 Å². The molecular weight excluding hydrogens is 134 g/mol. The lowest BCUT2D eigenvalue weighted by molar-refractivity contribution is 0.725. The van der Waals surface area contributed by atoms with Crippen molar-refractivity contribution in [3.8, 4) is 0 Å². The Balaban J connectivity index is 4.13. The first kappa shape index (κ1) is 10.4. The van der Waals surface area contributed by atoms with Gasteiger partial charge in [-0.1, -0.05) is 26.8 Å². The van der Waals surface area contributed by atoms with Crippen LogP contribution in [-0.2, 0) is 0 Å². The minimum atomic E-state index is 0.635. The van der Waals surface area contributed by atoms with Gasteiger partial charge in [-0.15, -0.1) is 0 Å². The molecule has 0 saturated carbocycles. The van der Waals surface area contributed by atoms with E-state index < -0.39 is 0 Å². The van der Waals surface area contributed by atoms with Gasteiger partial charge in [-0.25, -0.2) is 0 Å². The first-order valence-electron chi connectivity index (χ1n) is 4.43. The molecule has 0 aromatic rings. The highest BCUT2D eigenvalue weighted by Gasteiger charge is 2.03. The van der Waals surface area contributed by atoms with Crippen LogP contribution in [0.15, 0.2) is 17.3 Å². The molecule has 0 aromatic carbocycles. The second-order valence-electron chi connectivity index (χ2n) is 2.77. The number of aliphatic imine (C=N–C) groups is 1. The molecule has 1 nitrogen and oxygen atoms in total. The summed E-state index contributed by atoms with van der Waals surface area (Å²) in [7, 11) is 0. The van der Waals surface area contributed by atoms with E-state index in [1.807, 2.05) is 19.2 Å². The summed E-state index contributed by atoms with van der Waals surface area (Å²) in [6.45, 7) is 8.58. The van der Waals surface area contributed by atoms with Crippen LogP contribution in [0, 0.1) is 5.92 Å². The first-order chi connectivity index (χ1) is 5.26. The van der Waals surface area contributed by atoms with Gasteiger partial charge in [0.25, 0.3) is 0 Å². The fraction of sp³-hybridized carbons (Fsp3) is 0.700. The van der Waals surface area contributed by atoms with Crippen LogP contribution < -0.4 is 0 Å². The van der Waals surface area contributed by atoms with Gasteiger partial charge in [0.2, 0.25) is 0 Å². The van der Waals surface area contributed by atoms with Gasteiger partial charge in [-0.2, -0.15) is 0 Å². The zero-order chi connectivity index (χ0) is 8.69. The van der Waals surface area contributed by atoms with Crippen molar-refractivity contribution in [2.75, 3.05) is 0 Å². The largest absolute Gasteiger partial charge is 0.266 e. The Hall–Kier alpha value is -0.590. The SMILES string of the molecule is C/C=C\N=C(CC)C(C)CC. The Kier molecular flexibility index (Phi) is 5.81. The molecule has 0 radical (unpaired) electrons. The topological polar surface area (TPSA) is 12.4 Å². The molecule has 0 spiro atoms. The van der Waals surface area contributed by atoms with Crippen molar-refractivity contribution in [1.82, 2.24) is 0 Å². The van der Waals surface area contributed by atoms with E-state index in [1.54, 1.807) is 0 Å². The van der Waals surface area contributed by atoms with E-state index in [9.17, 15) is 0 Å². The molecular formula is C10H19N. The Labute approximate surface area is 70.2 Å². The molecule has 0 aliphatic rings. The average Bonchev–Trinajstić information content (AvgIpc) is 2.05. The molecule has 0 rings (SSSR count). The molecule has 0 amide bonds. The minimum absolute atomic E-state index is 0.635. The van der Waals surface area contributed by atoms with Gasteiger partial charge in [0.1, 0.15) is 0 Å². The molecule has 0 aliphatic carbocycles. The highest BCUT2D eigenvalue weighted by molar-refractivity contribution is 5.86. The van der Waals surface area contributed by atoms with Crippen LogP contribution in [0.3, 0.4) is 0 Å². The molecule has 0 N–H and O–H groups in total. The van der Waals surface area contributed by atoms with Gasteiger partial charge in [0.15, 0.2) is 0 Å². The lowest BCUT2D eigenvalue weighted by atomic mass is 10.0. The molecule has 1 atom stereocenters. The van der Waals surface area contributed by atoms with Crippen molar-refractivity contribution in [1.29, 1.82) is 0 Å². The van der Waals surface area contributed by atoms with Crippen molar-refractivity contribution in [2.24, 2.45) is 10.9 Å². The summed E-state index contributed by atoms with van der Waals surface area (Å²) in [5.41, 5.74) is 1.31. The summed E-state index contributed by atoms with van der Waals surface area (Å²) in [4.78, 5) is 4.37. The van der Waals surface area contributed by atoms with Gasteiger partial charge in [-0.05, 0) is 25.7 Å². The van der Waals surface area contributed by atoms with Gasteiger partial charge in [0.05, 0.1) is 0 Å². The summed E-state index contributed by atoms with van der Waals surface area (Å²) in [5, 5.41) is 0. The normalized spacial score (nSPS) is 15.8. The van der Waals surface area contributed by atoms with Crippen LogP contribution in [0.4, 0.5) is 0 Å². The van der Waals surface area contributed by atoms with Crippen molar-refractivity contribution in [3.63, 3.8) is 0 Å². The number of allylic oxidation sites excluding steroid dienone is 1. The summed E-state index contributed by atoms with van der Waals surface area (Å²) in [6.07, 6.45) is 6.10. The maximum absolute atomic E-state index is 4.37. The van der Waals surface area contributed by atoms with E-state index in [-0.39, 0.29) is 0 Å². The molecule has 11 heavy (non-hydrogen) atoms. The Bertz CT molecular complexity index is 145. The van der Waals surface area contributed by atoms with Crippen LogP contribution in [0.1, 0.15) is 40.5 Å². The number of nitrogens with zero attached hydrogens (tertiary/aromatic N) is 1. The van der Waals surface area contributed by atoms with Crippen molar-refractivity contribution < 1.29 is 0 Å². The molecule has 64 valence electrons. The third-order valence-corrected chi connectivity index (χ3v) is 1.93. The fourth-order valence-electron chi connectivity index (χ4n) is 0.973. The van der Waals surface area contributed by atoms with Crippen molar-refractivity contribution in [3.05, 3.63) is 12.3 Å². The molecule has 0 aromatic heterocycles. The zero-order valence-electron chi connectivity index (χ0n) is 8.09. The van der Waals surface area contributed by atoms with Gasteiger partial charge in [-0.3, -0.25) is 4.99 Å².